The van der Waals surface area contributed by atoms with E-state index < -0.39 is 0 Å². The fraction of sp³-hybridized carbons (Fsp3) is 0.120. The van der Waals surface area contributed by atoms with Crippen molar-refractivity contribution in [3.63, 3.8) is 0 Å². The number of hydrazone groups is 1. The van der Waals surface area contributed by atoms with Gasteiger partial charge in [-0.15, -0.1) is 11.8 Å². The number of phenols is 1. The van der Waals surface area contributed by atoms with Crippen molar-refractivity contribution in [3.8, 4) is 22.7 Å². The highest BCUT2D eigenvalue weighted by atomic mass is 32.2. The molecule has 3 aromatic carbocycles. The van der Waals surface area contributed by atoms with Crippen LogP contribution in [0.2, 0.25) is 0 Å². The molecule has 0 amide bonds. The van der Waals surface area contributed by atoms with Crippen molar-refractivity contribution >= 4 is 17.5 Å². The Hall–Kier alpha value is -3.51. The van der Waals surface area contributed by atoms with E-state index in [1.54, 1.807) is 17.8 Å². The lowest BCUT2D eigenvalue weighted by Gasteiger charge is -2.10. The molecule has 0 aliphatic carbocycles. The van der Waals surface area contributed by atoms with Gasteiger partial charge in [0.1, 0.15) is 5.75 Å². The van der Waals surface area contributed by atoms with Crippen LogP contribution < -0.4 is 5.43 Å². The summed E-state index contributed by atoms with van der Waals surface area (Å²) in [5, 5.41) is 19.7. The molecule has 1 aliphatic rings. The minimum atomic E-state index is -0.0257. The van der Waals surface area contributed by atoms with Gasteiger partial charge in [-0.25, -0.2) is 4.68 Å². The van der Waals surface area contributed by atoms with E-state index in [0.29, 0.717) is 6.42 Å². The molecule has 0 saturated heterocycles. The molecule has 154 valence electrons. The number of aromatic nitrogens is 2. The monoisotopic (exact) mass is 426 g/mol. The van der Waals surface area contributed by atoms with E-state index >= 15 is 0 Å². The van der Waals surface area contributed by atoms with Crippen molar-refractivity contribution in [3.05, 3.63) is 96.2 Å². The second-order valence-corrected chi connectivity index (χ2v) is 8.28. The van der Waals surface area contributed by atoms with Crippen LogP contribution in [-0.4, -0.2) is 26.9 Å². The third-order valence-corrected chi connectivity index (χ3v) is 6.21. The predicted octanol–water partition coefficient (Wildman–Crippen LogP) is 5.41. The number of phenolic OH excluding ortho intramolecular Hbond substituents is 1. The second-order valence-electron chi connectivity index (χ2n) is 7.40. The Bertz CT molecular complexity index is 1230. The summed E-state index contributed by atoms with van der Waals surface area (Å²) in [6.45, 7) is 0. The van der Waals surface area contributed by atoms with Gasteiger partial charge in [0.05, 0.1) is 23.1 Å². The van der Waals surface area contributed by atoms with Crippen LogP contribution in [0, 0.1) is 0 Å². The predicted molar refractivity (Wildman–Crippen MR) is 126 cm³/mol. The SMILES string of the molecule is CSc1ccc(-c2nn(-c3ccccc3)cc2C2CC(c3ccccc3O)=NN2)cc1. The topological polar surface area (TPSA) is 62.4 Å². The van der Waals surface area contributed by atoms with Crippen molar-refractivity contribution < 1.29 is 5.11 Å². The Morgan fingerprint density at radius 3 is 2.45 bits per heavy atom. The van der Waals surface area contributed by atoms with Gasteiger partial charge in [0.25, 0.3) is 0 Å². The average Bonchev–Trinajstić information content (AvgIpc) is 3.48. The lowest BCUT2D eigenvalue weighted by atomic mass is 9.97. The molecule has 1 unspecified atom stereocenters. The quantitative estimate of drug-likeness (QED) is 0.419. The van der Waals surface area contributed by atoms with Gasteiger partial charge in [-0.1, -0.05) is 42.5 Å². The molecule has 2 N–H and O–H groups in total. The molecular formula is C25H22N4OS. The lowest BCUT2D eigenvalue weighted by molar-refractivity contribution is 0.474. The molecule has 0 radical (unpaired) electrons. The van der Waals surface area contributed by atoms with Gasteiger partial charge in [-0.2, -0.15) is 10.2 Å². The van der Waals surface area contributed by atoms with Crippen LogP contribution in [0.15, 0.2) is 95.1 Å². The summed E-state index contributed by atoms with van der Waals surface area (Å²) in [4.78, 5) is 1.22. The molecule has 0 saturated carbocycles. The number of thioether (sulfide) groups is 1. The zero-order valence-corrected chi connectivity index (χ0v) is 17.9. The van der Waals surface area contributed by atoms with Gasteiger partial charge < -0.3 is 10.5 Å². The van der Waals surface area contributed by atoms with Gasteiger partial charge in [-0.05, 0) is 42.7 Å². The maximum Gasteiger partial charge on any atom is 0.124 e. The molecule has 4 aromatic rings. The normalized spacial score (nSPS) is 15.5. The number of para-hydroxylation sites is 2. The Balaban J connectivity index is 1.53. The standard InChI is InChI=1S/C25H22N4OS/c1-31-19-13-11-17(12-14-19)25-21(16-29(28-25)18-7-3-2-4-8-18)23-15-22(26-27-23)20-9-5-6-10-24(20)30/h2-14,16,23,27,30H,15H2,1H3. The number of aromatic hydroxyl groups is 1. The molecule has 2 heterocycles. The highest BCUT2D eigenvalue weighted by Crippen LogP contribution is 2.34. The van der Waals surface area contributed by atoms with E-state index in [4.69, 9.17) is 5.10 Å². The summed E-state index contributed by atoms with van der Waals surface area (Å²) >= 11 is 1.72. The van der Waals surface area contributed by atoms with E-state index in [-0.39, 0.29) is 11.8 Å². The van der Waals surface area contributed by atoms with Gasteiger partial charge in [0, 0.05) is 34.2 Å². The lowest BCUT2D eigenvalue weighted by Crippen LogP contribution is -2.10. The highest BCUT2D eigenvalue weighted by Gasteiger charge is 2.27. The largest absolute Gasteiger partial charge is 0.507 e. The fourth-order valence-electron chi connectivity index (χ4n) is 3.84. The zero-order chi connectivity index (χ0) is 21.2. The minimum Gasteiger partial charge on any atom is -0.507 e. The summed E-state index contributed by atoms with van der Waals surface area (Å²) in [6, 6.07) is 25.9. The summed E-state index contributed by atoms with van der Waals surface area (Å²) < 4.78 is 1.92. The third kappa shape index (κ3) is 3.82. The van der Waals surface area contributed by atoms with Crippen LogP contribution in [0.25, 0.3) is 16.9 Å². The first-order valence-electron chi connectivity index (χ1n) is 10.1. The molecular weight excluding hydrogens is 404 g/mol. The molecule has 0 bridgehead atoms. The number of nitrogens with zero attached hydrogens (tertiary/aromatic N) is 3. The van der Waals surface area contributed by atoms with E-state index in [2.05, 4.69) is 47.2 Å². The summed E-state index contributed by atoms with van der Waals surface area (Å²) in [5.74, 6) is 0.247. The van der Waals surface area contributed by atoms with Gasteiger partial charge in [0.15, 0.2) is 0 Å². The van der Waals surface area contributed by atoms with Crippen LogP contribution in [0.4, 0.5) is 0 Å². The van der Waals surface area contributed by atoms with Crippen LogP contribution >= 0.6 is 11.8 Å². The number of benzene rings is 3. The zero-order valence-electron chi connectivity index (χ0n) is 17.1. The molecule has 1 atom stereocenters. The van der Waals surface area contributed by atoms with E-state index in [0.717, 1.165) is 33.8 Å². The van der Waals surface area contributed by atoms with Crippen molar-refractivity contribution in [2.45, 2.75) is 17.4 Å². The van der Waals surface area contributed by atoms with Crippen molar-refractivity contribution in [2.75, 3.05) is 6.26 Å². The van der Waals surface area contributed by atoms with E-state index in [9.17, 15) is 5.11 Å². The average molecular weight is 427 g/mol. The first-order chi connectivity index (χ1) is 15.2. The smallest absolute Gasteiger partial charge is 0.124 e. The molecule has 0 fully saturated rings. The van der Waals surface area contributed by atoms with Crippen LogP contribution in [0.1, 0.15) is 23.6 Å². The molecule has 5 rings (SSSR count). The molecule has 1 aromatic heterocycles. The number of hydrogen-bond donors (Lipinski definition) is 2. The summed E-state index contributed by atoms with van der Waals surface area (Å²) in [7, 11) is 0. The highest BCUT2D eigenvalue weighted by molar-refractivity contribution is 7.98. The van der Waals surface area contributed by atoms with Crippen molar-refractivity contribution in [1.29, 1.82) is 0 Å². The maximum absolute atomic E-state index is 10.2. The first kappa shape index (κ1) is 19.5. The fourth-order valence-corrected chi connectivity index (χ4v) is 4.24. The molecule has 1 aliphatic heterocycles. The van der Waals surface area contributed by atoms with Crippen LogP contribution in [0.3, 0.4) is 0 Å². The van der Waals surface area contributed by atoms with Gasteiger partial charge in [-0.3, -0.25) is 0 Å². The Morgan fingerprint density at radius 1 is 0.968 bits per heavy atom. The molecule has 5 nitrogen and oxygen atoms in total. The van der Waals surface area contributed by atoms with Gasteiger partial charge >= 0.3 is 0 Å². The Kier molecular flexibility index (Phi) is 5.22. The van der Waals surface area contributed by atoms with Crippen LogP contribution in [-0.2, 0) is 0 Å². The number of hydrogen-bond acceptors (Lipinski definition) is 5. The minimum absolute atomic E-state index is 0.0257. The van der Waals surface area contributed by atoms with Crippen LogP contribution in [0.5, 0.6) is 5.75 Å². The molecule has 0 spiro atoms. The summed E-state index contributed by atoms with van der Waals surface area (Å²) in [6.07, 6.45) is 4.83. The van der Waals surface area contributed by atoms with Crippen molar-refractivity contribution in [2.24, 2.45) is 5.10 Å². The second kappa shape index (κ2) is 8.32. The first-order valence-corrected chi connectivity index (χ1v) is 11.4. The van der Waals surface area contributed by atoms with Gasteiger partial charge in [0.2, 0.25) is 0 Å². The Morgan fingerprint density at radius 2 is 1.71 bits per heavy atom. The number of nitrogens with one attached hydrogen (secondary N) is 1. The Labute approximate surface area is 185 Å². The van der Waals surface area contributed by atoms with Crippen molar-refractivity contribution in [1.82, 2.24) is 15.2 Å². The summed E-state index contributed by atoms with van der Waals surface area (Å²) in [5.41, 5.74) is 8.97. The number of rotatable bonds is 5. The van der Waals surface area contributed by atoms with E-state index in [1.165, 1.54) is 4.90 Å². The molecule has 6 heteroatoms. The maximum atomic E-state index is 10.2. The third-order valence-electron chi connectivity index (χ3n) is 5.47. The molecule has 31 heavy (non-hydrogen) atoms. The van der Waals surface area contributed by atoms with E-state index in [1.807, 2.05) is 53.2 Å².